The number of carbonyl (C=O) groups is 2. The molecule has 0 aliphatic heterocycles. The summed E-state index contributed by atoms with van der Waals surface area (Å²) >= 11 is 0. The Morgan fingerprint density at radius 1 is 0.654 bits per heavy atom. The minimum absolute atomic E-state index is 0.0603. The van der Waals surface area contributed by atoms with Crippen molar-refractivity contribution in [3.8, 4) is 34.1 Å². The Morgan fingerprint density at radius 2 is 1.27 bits per heavy atom. The van der Waals surface area contributed by atoms with Gasteiger partial charge in [0.2, 0.25) is 0 Å². The van der Waals surface area contributed by atoms with E-state index in [1.54, 1.807) is 24.3 Å². The molecule has 0 saturated heterocycles. The third kappa shape index (κ3) is 10.6. The van der Waals surface area contributed by atoms with Gasteiger partial charge in [0.25, 0.3) is 20.2 Å². The lowest BCUT2D eigenvalue weighted by molar-refractivity contribution is -0.136. The molecule has 1 heterocycles. The van der Waals surface area contributed by atoms with E-state index in [9.17, 15) is 36.6 Å². The first-order valence-electron chi connectivity index (χ1n) is 15.0. The molecule has 0 spiro atoms. The van der Waals surface area contributed by atoms with Gasteiger partial charge in [-0.3, -0.25) is 13.9 Å². The van der Waals surface area contributed by atoms with E-state index in [2.05, 4.69) is 9.97 Å². The smallest absolute Gasteiger partial charge is 0.339 e. The van der Waals surface area contributed by atoms with Crippen LogP contribution in [0.3, 0.4) is 0 Å². The molecule has 14 nitrogen and oxygen atoms in total. The molecular weight excluding hydrogens is 717 g/mol. The second-order valence-electron chi connectivity index (χ2n) is 10.8. The number of benzene rings is 5. The number of fused-ring (bicyclic) bond motifs is 1. The van der Waals surface area contributed by atoms with Gasteiger partial charge in [-0.2, -0.15) is 16.8 Å². The Bertz CT molecular complexity index is 2440. The van der Waals surface area contributed by atoms with E-state index in [0.717, 1.165) is 28.8 Å². The summed E-state index contributed by atoms with van der Waals surface area (Å²) in [6.07, 6.45) is 1.92. The van der Waals surface area contributed by atoms with Crippen LogP contribution in [0, 0.1) is 0 Å². The van der Waals surface area contributed by atoms with Gasteiger partial charge in [-0.1, -0.05) is 78.9 Å². The van der Waals surface area contributed by atoms with Gasteiger partial charge >= 0.3 is 11.9 Å². The molecular formula is C36H30N2O12S2. The van der Waals surface area contributed by atoms with Crippen LogP contribution < -0.4 is 0 Å². The molecule has 1 aromatic heterocycles. The highest BCUT2D eigenvalue weighted by molar-refractivity contribution is 7.86. The average Bonchev–Trinajstić information content (AvgIpc) is 3.10. The first-order chi connectivity index (χ1) is 24.5. The summed E-state index contributed by atoms with van der Waals surface area (Å²) in [5.41, 5.74) is 2.98. The van der Waals surface area contributed by atoms with Gasteiger partial charge in [0.05, 0.1) is 10.6 Å². The van der Waals surface area contributed by atoms with Crippen LogP contribution in [0.25, 0.3) is 33.4 Å². The standard InChI is InChI=1S/C17H12N2O2.C10H8O7S2.C9H10O3/c20-17(21)14-11-18-16(13-9-5-2-6-10-13)19-15(14)12-7-3-1-4-8-12;11-7-2-1-6-3-8(18(12,13)14)5-10(9(6)4-7)19(15,16)17;10-8-3-1-2-7(6-8)4-5-9(11)12/h1-11H,(H,20,21);1-5,11H,(H,12,13,14)(H,15,16,17);1-3,6,10H,4-5H2,(H,11,12). The normalized spacial score (nSPS) is 11.0. The molecule has 6 N–H and O–H groups in total. The summed E-state index contributed by atoms with van der Waals surface area (Å²) in [7, 11) is -9.34. The molecule has 5 aromatic carbocycles. The predicted molar refractivity (Wildman–Crippen MR) is 189 cm³/mol. The number of rotatable bonds is 8. The molecule has 0 unspecified atom stereocenters. The number of hydrogen-bond acceptors (Lipinski definition) is 10. The van der Waals surface area contributed by atoms with E-state index in [0.29, 0.717) is 24.0 Å². The first-order valence-corrected chi connectivity index (χ1v) is 17.8. The SMILES string of the molecule is O=C(O)CCc1cccc(O)c1.O=C(O)c1cnc(-c2ccccc2)nc1-c1ccccc1.O=S(=O)(O)c1cc(S(=O)(=O)O)c2cc(O)ccc2c1. The monoisotopic (exact) mass is 746 g/mol. The number of aryl methyl sites for hydroxylation is 1. The average molecular weight is 747 g/mol. The number of carboxylic acid groups (broad SMARTS) is 2. The van der Waals surface area contributed by atoms with Crippen molar-refractivity contribution in [2.45, 2.75) is 22.6 Å². The molecule has 16 heteroatoms. The number of phenolic OH excluding ortho intramolecular Hbond substituents is 2. The molecule has 0 fully saturated rings. The van der Waals surface area contributed by atoms with Gasteiger partial charge in [0.1, 0.15) is 22.0 Å². The highest BCUT2D eigenvalue weighted by atomic mass is 32.2. The molecule has 6 aromatic rings. The van der Waals surface area contributed by atoms with Crippen molar-refractivity contribution in [3.63, 3.8) is 0 Å². The van der Waals surface area contributed by atoms with Gasteiger partial charge in [-0.15, -0.1) is 0 Å². The Balaban J connectivity index is 0.000000181. The molecule has 0 saturated carbocycles. The Morgan fingerprint density at radius 3 is 1.83 bits per heavy atom. The van der Waals surface area contributed by atoms with Crippen LogP contribution in [-0.2, 0) is 31.5 Å². The summed E-state index contributed by atoms with van der Waals surface area (Å²) in [6, 6.07) is 30.5. The molecule has 6 rings (SSSR count). The van der Waals surface area contributed by atoms with Gasteiger partial charge in [0.15, 0.2) is 5.82 Å². The van der Waals surface area contributed by atoms with Crippen molar-refractivity contribution in [3.05, 3.63) is 133 Å². The third-order valence-corrected chi connectivity index (χ3v) is 8.81. The largest absolute Gasteiger partial charge is 0.508 e. The highest BCUT2D eigenvalue weighted by Crippen LogP contribution is 2.30. The number of phenols is 2. The lowest BCUT2D eigenvalue weighted by atomic mass is 10.1. The fourth-order valence-corrected chi connectivity index (χ4v) is 6.04. The first kappa shape index (κ1) is 38.6. The minimum Gasteiger partial charge on any atom is -0.508 e. The molecule has 268 valence electrons. The van der Waals surface area contributed by atoms with Crippen LogP contribution in [0.2, 0.25) is 0 Å². The second kappa shape index (κ2) is 16.7. The predicted octanol–water partition coefficient (Wildman–Crippen LogP) is 5.96. The zero-order valence-corrected chi connectivity index (χ0v) is 28.4. The van der Waals surface area contributed by atoms with E-state index >= 15 is 0 Å². The highest BCUT2D eigenvalue weighted by Gasteiger charge is 2.20. The lowest BCUT2D eigenvalue weighted by Gasteiger charge is -2.07. The third-order valence-electron chi connectivity index (χ3n) is 7.09. The number of nitrogens with zero attached hydrogens (tertiary/aromatic N) is 2. The van der Waals surface area contributed by atoms with Crippen molar-refractivity contribution >= 4 is 42.9 Å². The van der Waals surface area contributed by atoms with Crippen LogP contribution in [0.15, 0.2) is 131 Å². The van der Waals surface area contributed by atoms with Gasteiger partial charge in [-0.25, -0.2) is 14.8 Å². The van der Waals surface area contributed by atoms with Crippen LogP contribution in [0.1, 0.15) is 22.3 Å². The quantitative estimate of drug-likeness (QED) is 0.0984. The van der Waals surface area contributed by atoms with Crippen LogP contribution in [0.5, 0.6) is 11.5 Å². The van der Waals surface area contributed by atoms with E-state index < -0.39 is 42.0 Å². The Kier molecular flexibility index (Phi) is 12.4. The summed E-state index contributed by atoms with van der Waals surface area (Å²) < 4.78 is 62.6. The number of aromatic hydroxyl groups is 2. The molecule has 0 amide bonds. The lowest BCUT2D eigenvalue weighted by Crippen LogP contribution is -2.04. The zero-order chi connectivity index (χ0) is 38.1. The second-order valence-corrected chi connectivity index (χ2v) is 13.6. The van der Waals surface area contributed by atoms with Crippen molar-refractivity contribution < 1.29 is 56.0 Å². The topological polar surface area (TPSA) is 250 Å². The van der Waals surface area contributed by atoms with E-state index in [1.165, 1.54) is 18.3 Å². The fourth-order valence-electron chi connectivity index (χ4n) is 4.69. The number of carboxylic acids is 2. The number of aromatic carboxylic acids is 1. The number of aromatic nitrogens is 2. The Hall–Kier alpha value is -6.20. The maximum atomic E-state index is 11.4. The molecule has 52 heavy (non-hydrogen) atoms. The van der Waals surface area contributed by atoms with Crippen molar-refractivity contribution in [1.29, 1.82) is 0 Å². The van der Waals surface area contributed by atoms with E-state index in [-0.39, 0.29) is 34.3 Å². The number of aliphatic carboxylic acids is 1. The van der Waals surface area contributed by atoms with Gasteiger partial charge < -0.3 is 20.4 Å². The van der Waals surface area contributed by atoms with Crippen LogP contribution in [-0.4, -0.2) is 68.3 Å². The van der Waals surface area contributed by atoms with E-state index in [1.807, 2.05) is 60.7 Å². The Labute approximate surface area is 297 Å². The molecule has 0 atom stereocenters. The fraction of sp³-hybridized carbons (Fsp3) is 0.0556. The zero-order valence-electron chi connectivity index (χ0n) is 26.8. The van der Waals surface area contributed by atoms with Gasteiger partial charge in [-0.05, 0) is 53.8 Å². The molecule has 0 bridgehead atoms. The molecule has 0 radical (unpaired) electrons. The number of hydrogen-bond donors (Lipinski definition) is 6. The maximum absolute atomic E-state index is 11.4. The minimum atomic E-state index is -4.72. The van der Waals surface area contributed by atoms with Crippen LogP contribution in [0.4, 0.5) is 0 Å². The summed E-state index contributed by atoms with van der Waals surface area (Å²) in [4.78, 5) is 28.8. The van der Waals surface area contributed by atoms with Crippen molar-refractivity contribution in [1.82, 2.24) is 9.97 Å². The van der Waals surface area contributed by atoms with Crippen molar-refractivity contribution in [2.24, 2.45) is 0 Å². The summed E-state index contributed by atoms with van der Waals surface area (Å²) in [6.45, 7) is 0. The maximum Gasteiger partial charge on any atom is 0.339 e. The van der Waals surface area contributed by atoms with E-state index in [4.69, 9.17) is 19.3 Å². The molecule has 0 aliphatic rings. The van der Waals surface area contributed by atoms with Crippen molar-refractivity contribution in [2.75, 3.05) is 0 Å². The van der Waals surface area contributed by atoms with Gasteiger partial charge in [0, 0.05) is 29.1 Å². The van der Waals surface area contributed by atoms with Crippen LogP contribution >= 0.6 is 0 Å². The molecule has 0 aliphatic carbocycles. The summed E-state index contributed by atoms with van der Waals surface area (Å²) in [5, 5.41) is 36.1. The summed E-state index contributed by atoms with van der Waals surface area (Å²) in [5.74, 6) is -1.42.